The van der Waals surface area contributed by atoms with Crippen LogP contribution in [0, 0.1) is 5.92 Å². The Bertz CT molecular complexity index is 438. The highest BCUT2D eigenvalue weighted by molar-refractivity contribution is 5.99. The van der Waals surface area contributed by atoms with E-state index in [1.54, 1.807) is 0 Å². The van der Waals surface area contributed by atoms with Crippen LogP contribution in [-0.4, -0.2) is 39.3 Å². The summed E-state index contributed by atoms with van der Waals surface area (Å²) in [7, 11) is 0. The number of rotatable bonds is 23. The molecule has 0 amide bonds. The Morgan fingerprint density at radius 3 is 1.42 bits per heavy atom. The molecule has 0 aliphatic heterocycles. The SMILES string of the molecule is CCCCCCCCCCCC(O)C(C(=O)O)C(=O)CC(O)CCCCCCCCC. The van der Waals surface area contributed by atoms with E-state index in [9.17, 15) is 24.9 Å². The minimum absolute atomic E-state index is 0.179. The van der Waals surface area contributed by atoms with Crippen LogP contribution in [0.5, 0.6) is 0 Å². The monoisotopic (exact) mass is 442 g/mol. The largest absolute Gasteiger partial charge is 0.481 e. The number of carboxylic acids is 1. The number of hydrogen-bond acceptors (Lipinski definition) is 4. The molecule has 0 aliphatic rings. The molecule has 5 nitrogen and oxygen atoms in total. The molecule has 5 heteroatoms. The number of ketones is 1. The summed E-state index contributed by atoms with van der Waals surface area (Å²) in [6, 6.07) is 0. The van der Waals surface area contributed by atoms with Gasteiger partial charge in [-0.25, -0.2) is 0 Å². The number of hydrogen-bond donors (Lipinski definition) is 3. The molecule has 0 saturated heterocycles. The maximum Gasteiger partial charge on any atom is 0.316 e. The molecule has 0 spiro atoms. The summed E-state index contributed by atoms with van der Waals surface area (Å²) in [4.78, 5) is 24.0. The number of carbonyl (C=O) groups excluding carboxylic acids is 1. The van der Waals surface area contributed by atoms with Gasteiger partial charge in [-0.15, -0.1) is 0 Å². The molecule has 3 unspecified atom stereocenters. The summed E-state index contributed by atoms with van der Waals surface area (Å²) in [6.45, 7) is 4.39. The van der Waals surface area contributed by atoms with Crippen molar-refractivity contribution in [3.8, 4) is 0 Å². The normalized spacial score (nSPS) is 14.3. The summed E-state index contributed by atoms with van der Waals surface area (Å²) in [5, 5.41) is 29.8. The van der Waals surface area contributed by atoms with E-state index in [1.165, 1.54) is 64.2 Å². The van der Waals surface area contributed by atoms with E-state index in [0.717, 1.165) is 38.5 Å². The van der Waals surface area contributed by atoms with E-state index >= 15 is 0 Å². The van der Waals surface area contributed by atoms with Gasteiger partial charge in [-0.1, -0.05) is 117 Å². The molecule has 0 aromatic heterocycles. The minimum Gasteiger partial charge on any atom is -0.481 e. The molecule has 0 heterocycles. The molecule has 184 valence electrons. The standard InChI is InChI=1S/C26H50O5/c1-3-5-7-9-11-12-14-16-18-20-23(28)25(26(30)31)24(29)21-22(27)19-17-15-13-10-8-6-4-2/h22-23,25,27-28H,3-21H2,1-2H3,(H,30,31). The van der Waals surface area contributed by atoms with Gasteiger partial charge in [0.15, 0.2) is 5.78 Å². The number of aliphatic hydroxyl groups is 2. The Hall–Kier alpha value is -0.940. The van der Waals surface area contributed by atoms with Crippen molar-refractivity contribution in [1.82, 2.24) is 0 Å². The number of carboxylic acid groups (broad SMARTS) is 1. The minimum atomic E-state index is -1.42. The third kappa shape index (κ3) is 17.3. The zero-order valence-electron chi connectivity index (χ0n) is 20.3. The van der Waals surface area contributed by atoms with Crippen molar-refractivity contribution in [3.05, 3.63) is 0 Å². The lowest BCUT2D eigenvalue weighted by atomic mass is 9.89. The van der Waals surface area contributed by atoms with Crippen LogP contribution in [0.15, 0.2) is 0 Å². The van der Waals surface area contributed by atoms with Gasteiger partial charge in [0, 0.05) is 6.42 Å². The summed E-state index contributed by atoms with van der Waals surface area (Å²) in [6.07, 6.45) is 16.9. The van der Waals surface area contributed by atoms with E-state index in [0.29, 0.717) is 12.8 Å². The quantitative estimate of drug-likeness (QED) is 0.125. The predicted molar refractivity (Wildman–Crippen MR) is 127 cm³/mol. The van der Waals surface area contributed by atoms with Gasteiger partial charge in [0.25, 0.3) is 0 Å². The highest BCUT2D eigenvalue weighted by Crippen LogP contribution is 2.19. The van der Waals surface area contributed by atoms with Crippen molar-refractivity contribution in [2.24, 2.45) is 5.92 Å². The molecule has 0 aromatic carbocycles. The van der Waals surface area contributed by atoms with Gasteiger partial charge in [0.1, 0.15) is 5.92 Å². The second kappa shape index (κ2) is 20.9. The van der Waals surface area contributed by atoms with Gasteiger partial charge in [-0.2, -0.15) is 0 Å². The van der Waals surface area contributed by atoms with Gasteiger partial charge >= 0.3 is 5.97 Å². The third-order valence-corrected chi connectivity index (χ3v) is 6.18. The summed E-state index contributed by atoms with van der Waals surface area (Å²) in [5.41, 5.74) is 0. The van der Waals surface area contributed by atoms with Crippen LogP contribution >= 0.6 is 0 Å². The van der Waals surface area contributed by atoms with E-state index < -0.39 is 29.9 Å². The van der Waals surface area contributed by atoms with Gasteiger partial charge in [0.2, 0.25) is 0 Å². The van der Waals surface area contributed by atoms with Gasteiger partial charge in [0.05, 0.1) is 12.2 Å². The Kier molecular flexibility index (Phi) is 20.3. The van der Waals surface area contributed by atoms with Crippen molar-refractivity contribution in [1.29, 1.82) is 0 Å². The van der Waals surface area contributed by atoms with E-state index in [4.69, 9.17) is 0 Å². The lowest BCUT2D eigenvalue weighted by molar-refractivity contribution is -0.151. The number of unbranched alkanes of at least 4 members (excludes halogenated alkanes) is 14. The molecular formula is C26H50O5. The zero-order chi connectivity index (χ0) is 23.3. The van der Waals surface area contributed by atoms with Gasteiger partial charge < -0.3 is 15.3 Å². The lowest BCUT2D eigenvalue weighted by Crippen LogP contribution is -2.36. The smallest absolute Gasteiger partial charge is 0.316 e. The van der Waals surface area contributed by atoms with Crippen LogP contribution in [0.3, 0.4) is 0 Å². The molecule has 3 atom stereocenters. The van der Waals surface area contributed by atoms with E-state index in [-0.39, 0.29) is 6.42 Å². The Morgan fingerprint density at radius 1 is 0.613 bits per heavy atom. The van der Waals surface area contributed by atoms with Crippen molar-refractivity contribution < 1.29 is 24.9 Å². The van der Waals surface area contributed by atoms with Crippen molar-refractivity contribution >= 4 is 11.8 Å². The fourth-order valence-electron chi connectivity index (χ4n) is 4.15. The van der Waals surface area contributed by atoms with E-state index in [1.807, 2.05) is 0 Å². The first-order chi connectivity index (χ1) is 14.9. The molecule has 0 aliphatic carbocycles. The molecule has 0 aromatic rings. The first-order valence-electron chi connectivity index (χ1n) is 13.1. The predicted octanol–water partition coefficient (Wildman–Crippen LogP) is 6.43. The molecular weight excluding hydrogens is 392 g/mol. The van der Waals surface area contributed by atoms with Gasteiger partial charge in [-0.3, -0.25) is 9.59 Å². The van der Waals surface area contributed by atoms with Crippen LogP contribution in [0.2, 0.25) is 0 Å². The van der Waals surface area contributed by atoms with Crippen molar-refractivity contribution in [2.75, 3.05) is 0 Å². The number of Topliss-reactive ketones (excluding diaryl/α,β-unsaturated/α-hetero) is 1. The second-order valence-electron chi connectivity index (χ2n) is 9.23. The Balaban J connectivity index is 4.03. The highest BCUT2D eigenvalue weighted by Gasteiger charge is 2.33. The first-order valence-corrected chi connectivity index (χ1v) is 13.1. The number of aliphatic carboxylic acids is 1. The average Bonchev–Trinajstić information content (AvgIpc) is 2.71. The highest BCUT2D eigenvalue weighted by atomic mass is 16.4. The molecule has 0 radical (unpaired) electrons. The van der Waals surface area contributed by atoms with Crippen LogP contribution in [0.4, 0.5) is 0 Å². The third-order valence-electron chi connectivity index (χ3n) is 6.18. The number of aliphatic hydroxyl groups excluding tert-OH is 2. The molecule has 0 saturated carbocycles. The maximum atomic E-state index is 12.4. The van der Waals surface area contributed by atoms with Crippen LogP contribution in [0.25, 0.3) is 0 Å². The number of carbonyl (C=O) groups is 2. The molecule has 0 rings (SSSR count). The molecule has 0 bridgehead atoms. The van der Waals surface area contributed by atoms with Crippen LogP contribution < -0.4 is 0 Å². The van der Waals surface area contributed by atoms with Gasteiger partial charge in [-0.05, 0) is 12.8 Å². The van der Waals surface area contributed by atoms with Crippen molar-refractivity contribution in [2.45, 2.75) is 148 Å². The summed E-state index contributed by atoms with van der Waals surface area (Å²) in [5.74, 6) is -3.25. The molecule has 0 fully saturated rings. The lowest BCUT2D eigenvalue weighted by Gasteiger charge is -2.19. The van der Waals surface area contributed by atoms with E-state index in [2.05, 4.69) is 13.8 Å². The summed E-state index contributed by atoms with van der Waals surface area (Å²) >= 11 is 0. The van der Waals surface area contributed by atoms with Crippen molar-refractivity contribution in [3.63, 3.8) is 0 Å². The second-order valence-corrected chi connectivity index (χ2v) is 9.23. The zero-order valence-corrected chi connectivity index (χ0v) is 20.3. The van der Waals surface area contributed by atoms with Crippen LogP contribution in [-0.2, 0) is 9.59 Å². The first kappa shape index (κ1) is 30.1. The topological polar surface area (TPSA) is 94.8 Å². The molecule has 31 heavy (non-hydrogen) atoms. The fraction of sp³-hybridized carbons (Fsp3) is 0.923. The Morgan fingerprint density at radius 2 is 1.00 bits per heavy atom. The fourth-order valence-corrected chi connectivity index (χ4v) is 4.15. The summed E-state index contributed by atoms with van der Waals surface area (Å²) < 4.78 is 0. The Labute approximate surface area is 191 Å². The average molecular weight is 443 g/mol. The van der Waals surface area contributed by atoms with Crippen LogP contribution in [0.1, 0.15) is 136 Å². The maximum absolute atomic E-state index is 12.4. The molecule has 3 N–H and O–H groups in total.